The minimum absolute atomic E-state index is 0.0632. The monoisotopic (exact) mass is 307 g/mol. The number of ether oxygens (including phenoxy) is 1. The number of carbonyl (C=O) groups excluding carboxylic acids is 2. The second-order valence-corrected chi connectivity index (χ2v) is 4.17. The van der Waals surface area contributed by atoms with Crippen LogP contribution in [0.5, 0.6) is 0 Å². The zero-order valence-electron chi connectivity index (χ0n) is 12.1. The van der Waals surface area contributed by atoms with Crippen molar-refractivity contribution in [1.82, 2.24) is 10.9 Å². The molecule has 118 valence electrons. The van der Waals surface area contributed by atoms with Gasteiger partial charge in [-0.1, -0.05) is 12.1 Å². The Balaban J connectivity index is 2.43. The zero-order valence-corrected chi connectivity index (χ0v) is 12.1. The number of benzene rings is 1. The van der Waals surface area contributed by atoms with Crippen LogP contribution in [0.3, 0.4) is 0 Å². The predicted molar refractivity (Wildman–Crippen MR) is 79.5 cm³/mol. The van der Waals surface area contributed by atoms with Crippen molar-refractivity contribution in [3.05, 3.63) is 46.0 Å². The van der Waals surface area contributed by atoms with Gasteiger partial charge in [0.15, 0.2) is 0 Å². The number of non-ortho nitro benzene ring substituents is 1. The standard InChI is InChI=1S/C14H17N3O5/c1-2-22-9-8-14(19)16-15-13(18)7-6-11-4-3-5-12(10-11)17(20)21/h3-7,10H,2,8-9H2,1H3,(H,15,18)(H,16,19)/b7-6+. The first kappa shape index (κ1) is 17.3. The fourth-order valence-electron chi connectivity index (χ4n) is 1.46. The first-order chi connectivity index (χ1) is 10.5. The molecule has 8 heteroatoms. The molecule has 1 rings (SSSR count). The maximum Gasteiger partial charge on any atom is 0.270 e. The lowest BCUT2D eigenvalue weighted by atomic mass is 10.2. The summed E-state index contributed by atoms with van der Waals surface area (Å²) < 4.78 is 5.00. The van der Waals surface area contributed by atoms with Gasteiger partial charge in [0, 0.05) is 24.8 Å². The van der Waals surface area contributed by atoms with Gasteiger partial charge in [0.1, 0.15) is 0 Å². The van der Waals surface area contributed by atoms with Crippen LogP contribution in [0, 0.1) is 10.1 Å². The molecule has 0 bridgehead atoms. The van der Waals surface area contributed by atoms with Gasteiger partial charge in [0.05, 0.1) is 18.0 Å². The van der Waals surface area contributed by atoms with E-state index < -0.39 is 10.8 Å². The summed E-state index contributed by atoms with van der Waals surface area (Å²) in [5.41, 5.74) is 4.87. The maximum absolute atomic E-state index is 11.5. The summed E-state index contributed by atoms with van der Waals surface area (Å²) in [4.78, 5) is 32.9. The Kier molecular flexibility index (Phi) is 7.27. The lowest BCUT2D eigenvalue weighted by molar-refractivity contribution is -0.384. The number of nitro benzene ring substituents is 1. The average molecular weight is 307 g/mol. The van der Waals surface area contributed by atoms with Crippen molar-refractivity contribution in [2.75, 3.05) is 13.2 Å². The normalized spacial score (nSPS) is 10.4. The number of hydrogen-bond donors (Lipinski definition) is 2. The van der Waals surface area contributed by atoms with E-state index in [0.29, 0.717) is 12.2 Å². The Bertz CT molecular complexity index is 571. The third-order valence-corrected chi connectivity index (χ3v) is 2.51. The van der Waals surface area contributed by atoms with Crippen molar-refractivity contribution >= 4 is 23.6 Å². The quantitative estimate of drug-likeness (QED) is 0.340. The lowest BCUT2D eigenvalue weighted by Gasteiger charge is -2.05. The molecule has 2 amide bonds. The van der Waals surface area contributed by atoms with Crippen molar-refractivity contribution in [2.45, 2.75) is 13.3 Å². The molecule has 1 aromatic rings. The lowest BCUT2D eigenvalue weighted by Crippen LogP contribution is -2.41. The van der Waals surface area contributed by atoms with Gasteiger partial charge >= 0.3 is 0 Å². The van der Waals surface area contributed by atoms with Gasteiger partial charge in [-0.3, -0.25) is 30.6 Å². The number of amides is 2. The van der Waals surface area contributed by atoms with E-state index in [2.05, 4.69) is 10.9 Å². The van der Waals surface area contributed by atoms with Gasteiger partial charge in [-0.05, 0) is 18.6 Å². The minimum atomic E-state index is -0.545. The number of nitrogens with zero attached hydrogens (tertiary/aromatic N) is 1. The molecule has 0 aromatic heterocycles. The van der Waals surface area contributed by atoms with Crippen LogP contribution >= 0.6 is 0 Å². The summed E-state index contributed by atoms with van der Waals surface area (Å²) in [6.07, 6.45) is 2.72. The zero-order chi connectivity index (χ0) is 16.4. The van der Waals surface area contributed by atoms with E-state index in [9.17, 15) is 19.7 Å². The molecule has 0 unspecified atom stereocenters. The van der Waals surface area contributed by atoms with Crippen molar-refractivity contribution in [3.63, 3.8) is 0 Å². The van der Waals surface area contributed by atoms with E-state index in [1.54, 1.807) is 6.07 Å². The van der Waals surface area contributed by atoms with Gasteiger partial charge in [-0.2, -0.15) is 0 Å². The van der Waals surface area contributed by atoms with E-state index in [1.807, 2.05) is 6.92 Å². The molecule has 0 spiro atoms. The van der Waals surface area contributed by atoms with E-state index in [1.165, 1.54) is 30.4 Å². The number of carbonyl (C=O) groups is 2. The number of rotatable bonds is 7. The fraction of sp³-hybridized carbons (Fsp3) is 0.286. The van der Waals surface area contributed by atoms with Crippen molar-refractivity contribution in [1.29, 1.82) is 0 Å². The highest BCUT2D eigenvalue weighted by Gasteiger charge is 2.05. The third-order valence-electron chi connectivity index (χ3n) is 2.51. The number of hydrazine groups is 1. The third kappa shape index (κ3) is 6.62. The maximum atomic E-state index is 11.5. The second kappa shape index (κ2) is 9.24. The molecule has 0 saturated heterocycles. The van der Waals surface area contributed by atoms with Crippen LogP contribution in [0.1, 0.15) is 18.9 Å². The Hall–Kier alpha value is -2.74. The van der Waals surface area contributed by atoms with Crippen LogP contribution in [0.25, 0.3) is 6.08 Å². The minimum Gasteiger partial charge on any atom is -0.381 e. The smallest absolute Gasteiger partial charge is 0.270 e. The average Bonchev–Trinajstić information content (AvgIpc) is 2.51. The van der Waals surface area contributed by atoms with Crippen LogP contribution in [-0.4, -0.2) is 30.0 Å². The van der Waals surface area contributed by atoms with Crippen molar-refractivity contribution < 1.29 is 19.2 Å². The molecule has 0 aliphatic heterocycles. The fourth-order valence-corrected chi connectivity index (χ4v) is 1.46. The van der Waals surface area contributed by atoms with Gasteiger partial charge in [0.2, 0.25) is 5.91 Å². The van der Waals surface area contributed by atoms with Crippen LogP contribution in [0.2, 0.25) is 0 Å². The molecule has 2 N–H and O–H groups in total. The summed E-state index contributed by atoms with van der Waals surface area (Å²) in [7, 11) is 0. The highest BCUT2D eigenvalue weighted by molar-refractivity contribution is 5.93. The summed E-state index contributed by atoms with van der Waals surface area (Å²) in [5.74, 6) is -0.915. The Labute approximate surface area is 127 Å². The first-order valence-corrected chi connectivity index (χ1v) is 6.62. The van der Waals surface area contributed by atoms with Gasteiger partial charge < -0.3 is 4.74 Å². The molecule has 0 saturated carbocycles. The van der Waals surface area contributed by atoms with Crippen LogP contribution in [-0.2, 0) is 14.3 Å². The molecule has 1 aromatic carbocycles. The van der Waals surface area contributed by atoms with E-state index in [0.717, 1.165) is 0 Å². The van der Waals surface area contributed by atoms with Gasteiger partial charge in [-0.25, -0.2) is 0 Å². The molecule has 0 radical (unpaired) electrons. The molecule has 8 nitrogen and oxygen atoms in total. The molecule has 0 heterocycles. The largest absolute Gasteiger partial charge is 0.381 e. The molecule has 0 aliphatic rings. The molecule has 0 aliphatic carbocycles. The van der Waals surface area contributed by atoms with Gasteiger partial charge in [0.25, 0.3) is 11.6 Å². The predicted octanol–water partition coefficient (Wildman–Crippen LogP) is 1.18. The molecule has 22 heavy (non-hydrogen) atoms. The van der Waals surface area contributed by atoms with Crippen molar-refractivity contribution in [2.24, 2.45) is 0 Å². The SMILES string of the molecule is CCOCCC(=O)NNC(=O)/C=C/c1cccc([N+](=O)[O-])c1. The molecular formula is C14H17N3O5. The molecule has 0 fully saturated rings. The second-order valence-electron chi connectivity index (χ2n) is 4.17. The Morgan fingerprint density at radius 2 is 2.14 bits per heavy atom. The molecule has 0 atom stereocenters. The summed E-state index contributed by atoms with van der Waals surface area (Å²) in [5, 5.41) is 10.6. The first-order valence-electron chi connectivity index (χ1n) is 6.62. The number of hydrogen-bond acceptors (Lipinski definition) is 5. The highest BCUT2D eigenvalue weighted by Crippen LogP contribution is 2.13. The summed E-state index contributed by atoms with van der Waals surface area (Å²) in [6.45, 7) is 2.62. The number of nitro groups is 1. The van der Waals surface area contributed by atoms with Crippen molar-refractivity contribution in [3.8, 4) is 0 Å². The topological polar surface area (TPSA) is 111 Å². The summed E-state index contributed by atoms with van der Waals surface area (Å²) >= 11 is 0. The van der Waals surface area contributed by atoms with Crippen LogP contribution in [0.15, 0.2) is 30.3 Å². The Morgan fingerprint density at radius 3 is 2.82 bits per heavy atom. The van der Waals surface area contributed by atoms with E-state index >= 15 is 0 Å². The summed E-state index contributed by atoms with van der Waals surface area (Å²) in [6, 6.07) is 5.84. The van der Waals surface area contributed by atoms with E-state index in [4.69, 9.17) is 4.74 Å². The van der Waals surface area contributed by atoms with Gasteiger partial charge in [-0.15, -0.1) is 0 Å². The van der Waals surface area contributed by atoms with Crippen LogP contribution in [0.4, 0.5) is 5.69 Å². The Morgan fingerprint density at radius 1 is 1.36 bits per heavy atom. The van der Waals surface area contributed by atoms with E-state index in [-0.39, 0.29) is 24.6 Å². The highest BCUT2D eigenvalue weighted by atomic mass is 16.6. The molecular weight excluding hydrogens is 290 g/mol. The van der Waals surface area contributed by atoms with Crippen LogP contribution < -0.4 is 10.9 Å². The number of nitrogens with one attached hydrogen (secondary N) is 2.